The van der Waals surface area contributed by atoms with Crippen LogP contribution in [0.25, 0.3) is 11.3 Å². The molecule has 1 heterocycles. The van der Waals surface area contributed by atoms with Crippen LogP contribution in [-0.2, 0) is 0 Å². The maximum absolute atomic E-state index is 12.3. The number of nitrogens with one attached hydrogen (secondary N) is 2. The van der Waals surface area contributed by atoms with E-state index in [0.717, 1.165) is 16.9 Å². The first-order valence-corrected chi connectivity index (χ1v) is 8.84. The topological polar surface area (TPSA) is 79.4 Å². The predicted octanol–water partition coefficient (Wildman–Crippen LogP) is 4.28. The molecule has 0 saturated carbocycles. The van der Waals surface area contributed by atoms with Crippen molar-refractivity contribution in [2.45, 2.75) is 13.8 Å². The molecule has 0 aliphatic rings. The molecule has 0 saturated heterocycles. The van der Waals surface area contributed by atoms with Gasteiger partial charge >= 0.3 is 0 Å². The summed E-state index contributed by atoms with van der Waals surface area (Å²) < 4.78 is 5.41. The van der Waals surface area contributed by atoms with Crippen molar-refractivity contribution in [1.82, 2.24) is 15.6 Å². The molecule has 0 fully saturated rings. The monoisotopic (exact) mass is 382 g/mol. The number of hydrogen-bond donors (Lipinski definition) is 2. The van der Waals surface area contributed by atoms with Crippen molar-refractivity contribution in [3.05, 3.63) is 70.9 Å². The Morgan fingerprint density at radius 1 is 1.19 bits per heavy atom. The summed E-state index contributed by atoms with van der Waals surface area (Å²) in [5.41, 5.74) is 5.96. The normalized spacial score (nSPS) is 11.3. The van der Waals surface area contributed by atoms with Gasteiger partial charge in [-0.25, -0.2) is 5.43 Å². The van der Waals surface area contributed by atoms with E-state index in [0.29, 0.717) is 28.7 Å². The van der Waals surface area contributed by atoms with E-state index in [4.69, 9.17) is 16.3 Å². The van der Waals surface area contributed by atoms with Crippen molar-refractivity contribution >= 4 is 23.2 Å². The number of benzene rings is 2. The van der Waals surface area contributed by atoms with Crippen LogP contribution in [0.3, 0.4) is 0 Å². The highest BCUT2D eigenvalue weighted by molar-refractivity contribution is 6.30. The van der Waals surface area contributed by atoms with E-state index < -0.39 is 0 Å². The van der Waals surface area contributed by atoms with Crippen molar-refractivity contribution in [3.8, 4) is 17.0 Å². The number of aromatic amines is 1. The van der Waals surface area contributed by atoms with E-state index in [1.54, 1.807) is 18.2 Å². The lowest BCUT2D eigenvalue weighted by molar-refractivity contribution is 0.0950. The number of carbonyl (C=O) groups is 1. The molecule has 1 amide bonds. The van der Waals surface area contributed by atoms with E-state index in [1.807, 2.05) is 50.2 Å². The Bertz CT molecular complexity index is 947. The molecule has 138 valence electrons. The minimum atomic E-state index is -0.368. The smallest absolute Gasteiger partial charge is 0.289 e. The number of rotatable bonds is 6. The molecule has 3 rings (SSSR count). The van der Waals surface area contributed by atoms with Gasteiger partial charge in [0.25, 0.3) is 5.91 Å². The second kappa shape index (κ2) is 8.51. The van der Waals surface area contributed by atoms with Crippen LogP contribution in [0.15, 0.2) is 59.7 Å². The SMILES string of the molecule is CCOc1ccc(C(C)=NNC(=O)c2cc(-c3ccc(Cl)cc3)n[nH]2)cc1. The van der Waals surface area contributed by atoms with E-state index in [1.165, 1.54) is 0 Å². The lowest BCUT2D eigenvalue weighted by Gasteiger charge is -2.05. The highest BCUT2D eigenvalue weighted by Gasteiger charge is 2.11. The zero-order chi connectivity index (χ0) is 19.2. The number of amides is 1. The van der Waals surface area contributed by atoms with Crippen LogP contribution >= 0.6 is 11.6 Å². The van der Waals surface area contributed by atoms with Gasteiger partial charge in [-0.3, -0.25) is 9.89 Å². The molecular formula is C20H19ClN4O2. The Morgan fingerprint density at radius 3 is 2.56 bits per heavy atom. The lowest BCUT2D eigenvalue weighted by Crippen LogP contribution is -2.19. The number of aromatic nitrogens is 2. The summed E-state index contributed by atoms with van der Waals surface area (Å²) in [5, 5.41) is 11.7. The number of H-pyrrole nitrogens is 1. The van der Waals surface area contributed by atoms with Gasteiger partial charge in [0.2, 0.25) is 0 Å². The molecule has 1 aromatic heterocycles. The standard InChI is InChI=1S/C20H19ClN4O2/c1-3-27-17-10-6-14(7-11-17)13(2)22-25-20(26)19-12-18(23-24-19)15-4-8-16(21)9-5-15/h4-12H,3H2,1-2H3,(H,23,24)(H,25,26). The molecule has 7 heteroatoms. The maximum atomic E-state index is 12.3. The van der Waals surface area contributed by atoms with Crippen molar-refractivity contribution in [2.75, 3.05) is 6.61 Å². The summed E-state index contributed by atoms with van der Waals surface area (Å²) in [6, 6.07) is 16.4. The Labute approximate surface area is 162 Å². The highest BCUT2D eigenvalue weighted by Crippen LogP contribution is 2.20. The largest absolute Gasteiger partial charge is 0.494 e. The average Bonchev–Trinajstić information content (AvgIpc) is 3.17. The zero-order valence-corrected chi connectivity index (χ0v) is 15.7. The van der Waals surface area contributed by atoms with Gasteiger partial charge in [0.1, 0.15) is 11.4 Å². The molecule has 0 aliphatic carbocycles. The van der Waals surface area contributed by atoms with Gasteiger partial charge in [-0.05, 0) is 61.9 Å². The van der Waals surface area contributed by atoms with Gasteiger partial charge in [0.15, 0.2) is 0 Å². The average molecular weight is 383 g/mol. The second-order valence-corrected chi connectivity index (χ2v) is 6.21. The summed E-state index contributed by atoms with van der Waals surface area (Å²) in [7, 11) is 0. The predicted molar refractivity (Wildman–Crippen MR) is 106 cm³/mol. The van der Waals surface area contributed by atoms with Crippen molar-refractivity contribution in [3.63, 3.8) is 0 Å². The third-order valence-electron chi connectivity index (χ3n) is 3.87. The molecule has 3 aromatic rings. The first-order valence-electron chi connectivity index (χ1n) is 8.46. The number of nitrogens with zero attached hydrogens (tertiary/aromatic N) is 2. The number of halogens is 1. The molecule has 6 nitrogen and oxygen atoms in total. The minimum Gasteiger partial charge on any atom is -0.494 e. The molecule has 0 unspecified atom stereocenters. The van der Waals surface area contributed by atoms with E-state index in [2.05, 4.69) is 20.7 Å². The highest BCUT2D eigenvalue weighted by atomic mass is 35.5. The fourth-order valence-electron chi connectivity index (χ4n) is 2.43. The van der Waals surface area contributed by atoms with Crippen LogP contribution in [0.5, 0.6) is 5.75 Å². The van der Waals surface area contributed by atoms with Gasteiger partial charge in [-0.15, -0.1) is 0 Å². The van der Waals surface area contributed by atoms with E-state index in [9.17, 15) is 4.79 Å². The summed E-state index contributed by atoms with van der Waals surface area (Å²) in [6.45, 7) is 4.37. The van der Waals surface area contributed by atoms with Gasteiger partial charge in [0.05, 0.1) is 18.0 Å². The van der Waals surface area contributed by atoms with Crippen LogP contribution in [0.4, 0.5) is 0 Å². The zero-order valence-electron chi connectivity index (χ0n) is 15.0. The summed E-state index contributed by atoms with van der Waals surface area (Å²) in [5.74, 6) is 0.429. The molecule has 27 heavy (non-hydrogen) atoms. The number of hydrogen-bond acceptors (Lipinski definition) is 4. The minimum absolute atomic E-state index is 0.322. The quantitative estimate of drug-likeness (QED) is 0.493. The molecule has 2 N–H and O–H groups in total. The maximum Gasteiger partial charge on any atom is 0.289 e. The molecular weight excluding hydrogens is 364 g/mol. The molecule has 0 spiro atoms. The Morgan fingerprint density at radius 2 is 1.89 bits per heavy atom. The summed E-state index contributed by atoms with van der Waals surface area (Å²) in [6.07, 6.45) is 0. The van der Waals surface area contributed by atoms with Crippen molar-refractivity contribution < 1.29 is 9.53 Å². The second-order valence-electron chi connectivity index (χ2n) is 5.77. The Balaban J connectivity index is 1.66. The van der Waals surface area contributed by atoms with Gasteiger partial charge in [-0.2, -0.15) is 10.2 Å². The van der Waals surface area contributed by atoms with Crippen LogP contribution < -0.4 is 10.2 Å². The number of ether oxygens (including phenoxy) is 1. The molecule has 0 bridgehead atoms. The fraction of sp³-hybridized carbons (Fsp3) is 0.150. The van der Waals surface area contributed by atoms with Gasteiger partial charge in [-0.1, -0.05) is 23.7 Å². The van der Waals surface area contributed by atoms with Gasteiger partial charge < -0.3 is 4.74 Å². The molecule has 0 radical (unpaired) electrons. The summed E-state index contributed by atoms with van der Waals surface area (Å²) in [4.78, 5) is 12.3. The van der Waals surface area contributed by atoms with Crippen LogP contribution in [0.1, 0.15) is 29.9 Å². The molecule has 2 aromatic carbocycles. The first-order chi connectivity index (χ1) is 13.1. The van der Waals surface area contributed by atoms with E-state index >= 15 is 0 Å². The van der Waals surface area contributed by atoms with Crippen molar-refractivity contribution in [1.29, 1.82) is 0 Å². The molecule has 0 aliphatic heterocycles. The number of hydrazone groups is 1. The summed E-state index contributed by atoms with van der Waals surface area (Å²) >= 11 is 5.89. The first kappa shape index (κ1) is 18.7. The van der Waals surface area contributed by atoms with Crippen LogP contribution in [-0.4, -0.2) is 28.4 Å². The Kier molecular flexibility index (Phi) is 5.88. The fourth-order valence-corrected chi connectivity index (χ4v) is 2.55. The Hall–Kier alpha value is -3.12. The lowest BCUT2D eigenvalue weighted by atomic mass is 10.1. The van der Waals surface area contributed by atoms with Crippen LogP contribution in [0.2, 0.25) is 5.02 Å². The third-order valence-corrected chi connectivity index (χ3v) is 4.12. The third kappa shape index (κ3) is 4.74. The van der Waals surface area contributed by atoms with Gasteiger partial charge in [0, 0.05) is 10.6 Å². The van der Waals surface area contributed by atoms with Crippen molar-refractivity contribution in [2.24, 2.45) is 5.10 Å². The van der Waals surface area contributed by atoms with Crippen LogP contribution in [0, 0.1) is 0 Å². The molecule has 0 atom stereocenters. The number of carbonyl (C=O) groups excluding carboxylic acids is 1. The van der Waals surface area contributed by atoms with E-state index in [-0.39, 0.29) is 5.91 Å².